The second-order valence-corrected chi connectivity index (χ2v) is 5.26. The highest BCUT2D eigenvalue weighted by atomic mass is 35.5. The lowest BCUT2D eigenvalue weighted by atomic mass is 10.2. The number of benzene rings is 2. The molecule has 0 amide bonds. The summed E-state index contributed by atoms with van der Waals surface area (Å²) in [6.45, 7) is 0. The molecule has 0 radical (unpaired) electrons. The van der Waals surface area contributed by atoms with E-state index in [1.807, 2.05) is 0 Å². The van der Waals surface area contributed by atoms with Crippen LogP contribution in [-0.2, 0) is 5.88 Å². The Labute approximate surface area is 129 Å². The maximum Gasteiger partial charge on any atom is 0.148 e. The summed E-state index contributed by atoms with van der Waals surface area (Å²) >= 11 is 18.3. The Morgan fingerprint density at radius 2 is 1.75 bits per heavy atom. The van der Waals surface area contributed by atoms with E-state index in [0.29, 0.717) is 21.9 Å². The van der Waals surface area contributed by atoms with Gasteiger partial charge in [0, 0.05) is 0 Å². The summed E-state index contributed by atoms with van der Waals surface area (Å²) in [7, 11) is 0. The molecule has 0 aliphatic rings. The molecule has 6 heteroatoms. The minimum atomic E-state index is -0.455. The first kappa shape index (κ1) is 13.7. The van der Waals surface area contributed by atoms with Gasteiger partial charge in [-0.1, -0.05) is 35.3 Å². The second kappa shape index (κ2) is 5.24. The highest BCUT2D eigenvalue weighted by Gasteiger charge is 2.19. The van der Waals surface area contributed by atoms with Crippen molar-refractivity contribution in [3.05, 3.63) is 58.1 Å². The maximum absolute atomic E-state index is 14.2. The van der Waals surface area contributed by atoms with E-state index in [1.54, 1.807) is 34.9 Å². The Bertz CT molecular complexity index is 778. The van der Waals surface area contributed by atoms with Gasteiger partial charge in [-0.15, -0.1) is 11.6 Å². The molecule has 2 nitrogen and oxygen atoms in total. The molecule has 0 fully saturated rings. The standard InChI is InChI=1S/C14H8Cl3FN2/c15-7-12-19-11-6-2-4-9(17)14(11)20(12)13-8(16)3-1-5-10(13)18/h1-6H,7H2. The molecule has 3 rings (SSSR count). The van der Waals surface area contributed by atoms with Crippen molar-refractivity contribution in [3.8, 4) is 5.69 Å². The van der Waals surface area contributed by atoms with Gasteiger partial charge >= 0.3 is 0 Å². The quantitative estimate of drug-likeness (QED) is 0.590. The van der Waals surface area contributed by atoms with Gasteiger partial charge in [-0.05, 0) is 24.3 Å². The molecule has 0 bridgehead atoms. The highest BCUT2D eigenvalue weighted by molar-refractivity contribution is 6.35. The summed E-state index contributed by atoms with van der Waals surface area (Å²) in [4.78, 5) is 4.37. The van der Waals surface area contributed by atoms with Crippen LogP contribution in [-0.4, -0.2) is 9.55 Å². The SMILES string of the molecule is Fc1cccc(Cl)c1-n1c(CCl)nc2cccc(Cl)c21. The number of nitrogens with zero attached hydrogens (tertiary/aromatic N) is 2. The van der Waals surface area contributed by atoms with Crippen molar-refractivity contribution < 1.29 is 4.39 Å². The molecule has 0 saturated carbocycles. The third-order valence-electron chi connectivity index (χ3n) is 2.98. The van der Waals surface area contributed by atoms with Crippen molar-refractivity contribution in [2.24, 2.45) is 0 Å². The summed E-state index contributed by atoms with van der Waals surface area (Å²) < 4.78 is 15.7. The predicted molar refractivity (Wildman–Crippen MR) is 80.6 cm³/mol. The molecule has 0 unspecified atom stereocenters. The van der Waals surface area contributed by atoms with E-state index >= 15 is 0 Å². The number of rotatable bonds is 2. The molecule has 0 spiro atoms. The zero-order valence-electron chi connectivity index (χ0n) is 10.1. The van der Waals surface area contributed by atoms with Crippen molar-refractivity contribution in [1.82, 2.24) is 9.55 Å². The molecular weight excluding hydrogens is 322 g/mol. The Morgan fingerprint density at radius 3 is 2.45 bits per heavy atom. The van der Waals surface area contributed by atoms with E-state index in [4.69, 9.17) is 34.8 Å². The van der Waals surface area contributed by atoms with Gasteiger partial charge in [-0.3, -0.25) is 4.57 Å². The Hall–Kier alpha value is -1.29. The molecule has 0 N–H and O–H groups in total. The van der Waals surface area contributed by atoms with Crippen LogP contribution >= 0.6 is 34.8 Å². The fraction of sp³-hybridized carbons (Fsp3) is 0.0714. The number of fused-ring (bicyclic) bond motifs is 1. The van der Waals surface area contributed by atoms with E-state index in [2.05, 4.69) is 4.98 Å². The van der Waals surface area contributed by atoms with Gasteiger partial charge in [0.25, 0.3) is 0 Å². The summed E-state index contributed by atoms with van der Waals surface area (Å²) in [6, 6.07) is 9.78. The minimum absolute atomic E-state index is 0.121. The highest BCUT2D eigenvalue weighted by Crippen LogP contribution is 2.32. The maximum atomic E-state index is 14.2. The van der Waals surface area contributed by atoms with Crippen molar-refractivity contribution in [2.45, 2.75) is 5.88 Å². The van der Waals surface area contributed by atoms with E-state index in [1.165, 1.54) is 6.07 Å². The van der Waals surface area contributed by atoms with Crippen LogP contribution in [0, 0.1) is 5.82 Å². The van der Waals surface area contributed by atoms with Crippen LogP contribution in [0.2, 0.25) is 10.0 Å². The summed E-state index contributed by atoms with van der Waals surface area (Å²) in [5.74, 6) is 0.153. The third kappa shape index (κ3) is 2.06. The van der Waals surface area contributed by atoms with Gasteiger partial charge < -0.3 is 0 Å². The van der Waals surface area contributed by atoms with Crippen LogP contribution in [0.3, 0.4) is 0 Å². The van der Waals surface area contributed by atoms with Crippen molar-refractivity contribution in [2.75, 3.05) is 0 Å². The zero-order chi connectivity index (χ0) is 14.3. The van der Waals surface area contributed by atoms with Crippen LogP contribution < -0.4 is 0 Å². The molecule has 0 atom stereocenters. The fourth-order valence-electron chi connectivity index (χ4n) is 2.17. The first-order chi connectivity index (χ1) is 9.63. The molecule has 0 aliphatic carbocycles. The molecule has 102 valence electrons. The topological polar surface area (TPSA) is 17.8 Å². The average Bonchev–Trinajstić information content (AvgIpc) is 2.79. The van der Waals surface area contributed by atoms with E-state index in [-0.39, 0.29) is 16.6 Å². The number of alkyl halides is 1. The van der Waals surface area contributed by atoms with Crippen LogP contribution in [0.1, 0.15) is 5.82 Å². The predicted octanol–water partition coefficient (Wildman–Crippen LogP) is 5.21. The Balaban J connectivity index is 2.46. The number of para-hydroxylation sites is 2. The number of imidazole rings is 1. The minimum Gasteiger partial charge on any atom is -0.289 e. The van der Waals surface area contributed by atoms with Gasteiger partial charge in [0.05, 0.1) is 27.0 Å². The van der Waals surface area contributed by atoms with Crippen molar-refractivity contribution >= 4 is 45.8 Å². The molecule has 2 aromatic carbocycles. The van der Waals surface area contributed by atoms with Crippen LogP contribution in [0.25, 0.3) is 16.7 Å². The zero-order valence-corrected chi connectivity index (χ0v) is 12.3. The second-order valence-electron chi connectivity index (χ2n) is 4.17. The number of aromatic nitrogens is 2. The lowest BCUT2D eigenvalue weighted by Crippen LogP contribution is -2.03. The number of hydrogen-bond donors (Lipinski definition) is 0. The Kier molecular flexibility index (Phi) is 3.59. The largest absolute Gasteiger partial charge is 0.289 e. The van der Waals surface area contributed by atoms with E-state index in [0.717, 1.165) is 0 Å². The van der Waals surface area contributed by atoms with Crippen LogP contribution in [0.5, 0.6) is 0 Å². The smallest absolute Gasteiger partial charge is 0.148 e. The van der Waals surface area contributed by atoms with Crippen molar-refractivity contribution in [3.63, 3.8) is 0 Å². The first-order valence-corrected chi connectivity index (χ1v) is 7.08. The lowest BCUT2D eigenvalue weighted by molar-refractivity contribution is 0.618. The van der Waals surface area contributed by atoms with Gasteiger partial charge in [-0.25, -0.2) is 9.37 Å². The van der Waals surface area contributed by atoms with Crippen LogP contribution in [0.4, 0.5) is 4.39 Å². The summed E-state index contributed by atoms with van der Waals surface area (Å²) in [5, 5.41) is 0.737. The molecule has 20 heavy (non-hydrogen) atoms. The van der Waals surface area contributed by atoms with Gasteiger partial charge in [0.2, 0.25) is 0 Å². The van der Waals surface area contributed by atoms with E-state index in [9.17, 15) is 4.39 Å². The van der Waals surface area contributed by atoms with Gasteiger partial charge in [0.15, 0.2) is 0 Å². The van der Waals surface area contributed by atoms with Crippen molar-refractivity contribution in [1.29, 1.82) is 0 Å². The van der Waals surface area contributed by atoms with Gasteiger partial charge in [-0.2, -0.15) is 0 Å². The molecule has 3 aromatic rings. The molecule has 0 saturated heterocycles. The monoisotopic (exact) mass is 328 g/mol. The molecular formula is C14H8Cl3FN2. The van der Waals surface area contributed by atoms with E-state index < -0.39 is 5.82 Å². The fourth-order valence-corrected chi connectivity index (χ4v) is 2.85. The first-order valence-electron chi connectivity index (χ1n) is 5.79. The average molecular weight is 330 g/mol. The molecule has 1 aromatic heterocycles. The van der Waals surface area contributed by atoms with Crippen LogP contribution in [0.15, 0.2) is 36.4 Å². The number of halogens is 4. The molecule has 0 aliphatic heterocycles. The summed E-state index contributed by atoms with van der Waals surface area (Å²) in [5.41, 5.74) is 1.45. The summed E-state index contributed by atoms with van der Waals surface area (Å²) in [6.07, 6.45) is 0. The third-order valence-corrected chi connectivity index (χ3v) is 3.83. The normalized spacial score (nSPS) is 11.2. The lowest BCUT2D eigenvalue weighted by Gasteiger charge is -2.11. The van der Waals surface area contributed by atoms with Gasteiger partial charge in [0.1, 0.15) is 17.3 Å². The number of hydrogen-bond acceptors (Lipinski definition) is 1. The molecule has 1 heterocycles. The Morgan fingerprint density at radius 1 is 1.05 bits per heavy atom.